The summed E-state index contributed by atoms with van der Waals surface area (Å²) in [5, 5.41) is 0. The largest absolute Gasteiger partial charge is 0.490 e. The van der Waals surface area contributed by atoms with E-state index in [0.717, 1.165) is 24.2 Å². The zero-order valence-electron chi connectivity index (χ0n) is 15.0. The van der Waals surface area contributed by atoms with Gasteiger partial charge in [0.15, 0.2) is 0 Å². The van der Waals surface area contributed by atoms with Crippen molar-refractivity contribution >= 4 is 5.91 Å². The number of ether oxygens (including phenoxy) is 2. The molecular formula is C19H23N3O4. The van der Waals surface area contributed by atoms with Crippen LogP contribution in [0, 0.1) is 6.92 Å². The molecule has 0 radical (unpaired) electrons. The Morgan fingerprint density at radius 2 is 2.19 bits per heavy atom. The SMILES string of the molecule is COC1(COc2ccccc2C)CCCN(C(=O)c2cnc[nH]c2=O)C1. The summed E-state index contributed by atoms with van der Waals surface area (Å²) < 4.78 is 11.8. The summed E-state index contributed by atoms with van der Waals surface area (Å²) in [6.45, 7) is 3.26. The summed E-state index contributed by atoms with van der Waals surface area (Å²) in [7, 11) is 1.63. The summed E-state index contributed by atoms with van der Waals surface area (Å²) in [5.41, 5.74) is 0.0453. The predicted octanol–water partition coefficient (Wildman–Crippen LogP) is 1.78. The van der Waals surface area contributed by atoms with E-state index >= 15 is 0 Å². The first kappa shape index (κ1) is 18.1. The van der Waals surface area contributed by atoms with Crippen LogP contribution in [0.3, 0.4) is 0 Å². The van der Waals surface area contributed by atoms with Crippen LogP contribution in [0.15, 0.2) is 41.6 Å². The van der Waals surface area contributed by atoms with Crippen LogP contribution in [0.4, 0.5) is 0 Å². The van der Waals surface area contributed by atoms with Crippen LogP contribution in [-0.2, 0) is 4.74 Å². The molecule has 7 nitrogen and oxygen atoms in total. The number of amides is 1. The number of likely N-dealkylation sites (tertiary alicyclic amines) is 1. The van der Waals surface area contributed by atoms with Gasteiger partial charge in [-0.3, -0.25) is 9.59 Å². The maximum Gasteiger partial charge on any atom is 0.263 e. The normalized spacial score (nSPS) is 20.0. The molecule has 3 rings (SSSR count). The average Bonchev–Trinajstić information content (AvgIpc) is 2.67. The van der Waals surface area contributed by atoms with Crippen LogP contribution < -0.4 is 10.3 Å². The molecule has 0 spiro atoms. The lowest BCUT2D eigenvalue weighted by Gasteiger charge is -2.41. The summed E-state index contributed by atoms with van der Waals surface area (Å²) in [4.78, 5) is 32.5. The Labute approximate surface area is 152 Å². The highest BCUT2D eigenvalue weighted by Gasteiger charge is 2.39. The highest BCUT2D eigenvalue weighted by Crippen LogP contribution is 2.27. The first-order valence-corrected chi connectivity index (χ1v) is 8.60. The molecule has 1 aromatic heterocycles. The number of hydrogen-bond acceptors (Lipinski definition) is 5. The Morgan fingerprint density at radius 1 is 1.38 bits per heavy atom. The Balaban J connectivity index is 1.74. The number of para-hydroxylation sites is 1. The number of aromatic amines is 1. The number of benzene rings is 1. The molecule has 1 fully saturated rings. The highest BCUT2D eigenvalue weighted by molar-refractivity contribution is 5.93. The molecule has 1 saturated heterocycles. The second-order valence-electron chi connectivity index (χ2n) is 6.57. The van der Waals surface area contributed by atoms with Gasteiger partial charge in [0, 0.05) is 19.9 Å². The Bertz CT molecular complexity index is 835. The first-order chi connectivity index (χ1) is 12.5. The van der Waals surface area contributed by atoms with Crippen molar-refractivity contribution in [3.05, 3.63) is 58.3 Å². The summed E-state index contributed by atoms with van der Waals surface area (Å²) in [6, 6.07) is 7.79. The molecule has 2 heterocycles. The molecule has 26 heavy (non-hydrogen) atoms. The average molecular weight is 357 g/mol. The zero-order chi connectivity index (χ0) is 18.6. The maximum absolute atomic E-state index is 12.7. The van der Waals surface area contributed by atoms with Gasteiger partial charge in [-0.1, -0.05) is 18.2 Å². The molecule has 1 amide bonds. The molecule has 1 atom stereocenters. The smallest absolute Gasteiger partial charge is 0.263 e. The molecule has 2 aromatic rings. The minimum Gasteiger partial charge on any atom is -0.490 e. The van der Waals surface area contributed by atoms with Crippen molar-refractivity contribution in [3.63, 3.8) is 0 Å². The van der Waals surface area contributed by atoms with Gasteiger partial charge in [0.25, 0.3) is 11.5 Å². The van der Waals surface area contributed by atoms with E-state index in [9.17, 15) is 9.59 Å². The van der Waals surface area contributed by atoms with Crippen molar-refractivity contribution in [2.45, 2.75) is 25.4 Å². The molecule has 0 aliphatic carbocycles. The quantitative estimate of drug-likeness (QED) is 0.882. The Morgan fingerprint density at radius 3 is 2.92 bits per heavy atom. The molecule has 1 unspecified atom stereocenters. The molecule has 1 aliphatic rings. The fraction of sp³-hybridized carbons (Fsp3) is 0.421. The van der Waals surface area contributed by atoms with Gasteiger partial charge in [0.05, 0.1) is 12.9 Å². The van der Waals surface area contributed by atoms with Gasteiger partial charge in [-0.25, -0.2) is 4.98 Å². The van der Waals surface area contributed by atoms with Crippen molar-refractivity contribution in [2.24, 2.45) is 0 Å². The van der Waals surface area contributed by atoms with Crippen LogP contribution >= 0.6 is 0 Å². The number of rotatable bonds is 5. The van der Waals surface area contributed by atoms with E-state index in [1.54, 1.807) is 12.0 Å². The van der Waals surface area contributed by atoms with Crippen LogP contribution in [0.5, 0.6) is 5.75 Å². The van der Waals surface area contributed by atoms with Crippen molar-refractivity contribution in [2.75, 3.05) is 26.8 Å². The minimum atomic E-state index is -0.606. The van der Waals surface area contributed by atoms with E-state index in [-0.39, 0.29) is 11.5 Å². The number of methoxy groups -OCH3 is 1. The van der Waals surface area contributed by atoms with E-state index < -0.39 is 11.2 Å². The molecular weight excluding hydrogens is 334 g/mol. The number of hydrogen-bond donors (Lipinski definition) is 1. The van der Waals surface area contributed by atoms with Gasteiger partial charge in [-0.2, -0.15) is 0 Å². The molecule has 1 aliphatic heterocycles. The number of nitrogens with zero attached hydrogens (tertiary/aromatic N) is 2. The number of carbonyl (C=O) groups excluding carboxylic acids is 1. The second-order valence-corrected chi connectivity index (χ2v) is 6.57. The lowest BCUT2D eigenvalue weighted by Crippen LogP contribution is -2.55. The summed E-state index contributed by atoms with van der Waals surface area (Å²) in [6.07, 6.45) is 4.12. The van der Waals surface area contributed by atoms with Crippen LogP contribution in [0.2, 0.25) is 0 Å². The fourth-order valence-electron chi connectivity index (χ4n) is 3.21. The van der Waals surface area contributed by atoms with Gasteiger partial charge in [-0.05, 0) is 31.4 Å². The minimum absolute atomic E-state index is 0.0409. The van der Waals surface area contributed by atoms with Crippen molar-refractivity contribution in [1.29, 1.82) is 0 Å². The predicted molar refractivity (Wildman–Crippen MR) is 96.4 cm³/mol. The van der Waals surface area contributed by atoms with Gasteiger partial charge in [0.2, 0.25) is 0 Å². The number of carbonyl (C=O) groups is 1. The van der Waals surface area contributed by atoms with Gasteiger partial charge in [0.1, 0.15) is 23.5 Å². The van der Waals surface area contributed by atoms with Crippen LogP contribution in [0.1, 0.15) is 28.8 Å². The molecule has 138 valence electrons. The van der Waals surface area contributed by atoms with E-state index in [2.05, 4.69) is 9.97 Å². The van der Waals surface area contributed by atoms with Crippen molar-refractivity contribution in [3.8, 4) is 5.75 Å². The lowest BCUT2D eigenvalue weighted by molar-refractivity contribution is -0.0826. The fourth-order valence-corrected chi connectivity index (χ4v) is 3.21. The maximum atomic E-state index is 12.7. The highest BCUT2D eigenvalue weighted by atomic mass is 16.5. The topological polar surface area (TPSA) is 84.5 Å². The number of aryl methyl sites for hydroxylation is 1. The number of aromatic nitrogens is 2. The summed E-state index contributed by atoms with van der Waals surface area (Å²) >= 11 is 0. The molecule has 0 bridgehead atoms. The van der Waals surface area contributed by atoms with Gasteiger partial charge < -0.3 is 19.4 Å². The van der Waals surface area contributed by atoms with Crippen LogP contribution in [0.25, 0.3) is 0 Å². The van der Waals surface area contributed by atoms with E-state index in [4.69, 9.17) is 9.47 Å². The third-order valence-corrected chi connectivity index (χ3v) is 4.79. The molecule has 0 saturated carbocycles. The zero-order valence-corrected chi connectivity index (χ0v) is 15.0. The number of nitrogens with one attached hydrogen (secondary N) is 1. The standard InChI is InChI=1S/C19H23N3O4/c1-14-6-3-4-7-16(14)26-12-19(25-2)8-5-9-22(11-19)18(24)15-10-20-13-21-17(15)23/h3-4,6-7,10,13H,5,8-9,11-12H2,1-2H3,(H,20,21,23). The van der Waals surface area contributed by atoms with Crippen molar-refractivity contribution in [1.82, 2.24) is 14.9 Å². The molecule has 1 aromatic carbocycles. The molecule has 7 heteroatoms. The Kier molecular flexibility index (Phi) is 5.37. The van der Waals surface area contributed by atoms with E-state index in [1.807, 2.05) is 31.2 Å². The Hall–Kier alpha value is -2.67. The van der Waals surface area contributed by atoms with Crippen molar-refractivity contribution < 1.29 is 14.3 Å². The first-order valence-electron chi connectivity index (χ1n) is 8.60. The number of piperidine rings is 1. The third kappa shape index (κ3) is 3.77. The van der Waals surface area contributed by atoms with E-state index in [0.29, 0.717) is 19.7 Å². The molecule has 1 N–H and O–H groups in total. The summed E-state index contributed by atoms with van der Waals surface area (Å²) in [5.74, 6) is 0.465. The number of H-pyrrole nitrogens is 1. The van der Waals surface area contributed by atoms with E-state index in [1.165, 1.54) is 12.5 Å². The van der Waals surface area contributed by atoms with Crippen LogP contribution in [-0.4, -0.2) is 53.2 Å². The third-order valence-electron chi connectivity index (χ3n) is 4.79. The monoisotopic (exact) mass is 357 g/mol. The second kappa shape index (κ2) is 7.70. The van der Waals surface area contributed by atoms with Gasteiger partial charge in [-0.15, -0.1) is 0 Å². The van der Waals surface area contributed by atoms with Gasteiger partial charge >= 0.3 is 0 Å². The lowest BCUT2D eigenvalue weighted by atomic mass is 9.93.